The number of sulfonamides is 1. The first-order valence-corrected chi connectivity index (χ1v) is 11.0. The van der Waals surface area contributed by atoms with E-state index < -0.39 is 10.0 Å². The fraction of sp³-hybridized carbons (Fsp3) is 0.667. The Morgan fingerprint density at radius 3 is 2.85 bits per heavy atom. The Morgan fingerprint density at radius 2 is 2.15 bits per heavy atom. The molecule has 0 amide bonds. The summed E-state index contributed by atoms with van der Waals surface area (Å²) in [6, 6.07) is 3.15. The molecule has 1 saturated heterocycles. The lowest BCUT2D eigenvalue weighted by molar-refractivity contribution is 0.309. The van der Waals surface area contributed by atoms with Crippen LogP contribution in [0.4, 0.5) is 0 Å². The molecule has 0 atom stereocenters. The Balaban J connectivity index is 1.55. The number of rotatable bonds is 6. The third kappa shape index (κ3) is 4.54. The van der Waals surface area contributed by atoms with Crippen LogP contribution in [0, 0.1) is 5.41 Å². The van der Waals surface area contributed by atoms with Gasteiger partial charge in [-0.15, -0.1) is 0 Å². The van der Waals surface area contributed by atoms with Gasteiger partial charge in [-0.2, -0.15) is 0 Å². The highest BCUT2D eigenvalue weighted by Gasteiger charge is 2.41. The van der Waals surface area contributed by atoms with Crippen molar-refractivity contribution in [1.29, 1.82) is 0 Å². The molecule has 0 unspecified atom stereocenters. The van der Waals surface area contributed by atoms with Crippen LogP contribution in [-0.2, 0) is 10.0 Å². The minimum absolute atomic E-state index is 0.179. The first kappa shape index (κ1) is 19.1. The van der Waals surface area contributed by atoms with E-state index in [1.165, 1.54) is 44.4 Å². The van der Waals surface area contributed by atoms with Gasteiger partial charge < -0.3 is 10.2 Å². The van der Waals surface area contributed by atoms with Crippen molar-refractivity contribution in [2.75, 3.05) is 32.7 Å². The van der Waals surface area contributed by atoms with Gasteiger partial charge in [-0.25, -0.2) is 13.1 Å². The Bertz CT molecular complexity index is 714. The zero-order valence-corrected chi connectivity index (χ0v) is 16.3. The van der Waals surface area contributed by atoms with Gasteiger partial charge in [0.1, 0.15) is 4.90 Å². The Labute approximate surface area is 156 Å². The predicted molar refractivity (Wildman–Crippen MR) is 102 cm³/mol. The summed E-state index contributed by atoms with van der Waals surface area (Å²) >= 11 is 0. The predicted octanol–water partition coefficient (Wildman–Crippen LogP) is 1.59. The van der Waals surface area contributed by atoms with Gasteiger partial charge in [-0.3, -0.25) is 9.98 Å². The molecule has 2 N–H and O–H groups in total. The van der Waals surface area contributed by atoms with E-state index in [4.69, 9.17) is 0 Å². The SMILES string of the molecule is CCNC(=NCCNS(=O)(=O)c1cccnc1)N1CCC2(CCCC2)C1. The van der Waals surface area contributed by atoms with Gasteiger partial charge in [0.25, 0.3) is 0 Å². The molecule has 1 aliphatic heterocycles. The van der Waals surface area contributed by atoms with Crippen molar-refractivity contribution >= 4 is 16.0 Å². The maximum atomic E-state index is 12.2. The number of aromatic nitrogens is 1. The molecule has 8 heteroatoms. The van der Waals surface area contributed by atoms with Gasteiger partial charge in [0.2, 0.25) is 10.0 Å². The number of nitrogens with one attached hydrogen (secondary N) is 2. The number of hydrogen-bond donors (Lipinski definition) is 2. The van der Waals surface area contributed by atoms with Crippen molar-refractivity contribution in [2.24, 2.45) is 10.4 Å². The molecule has 144 valence electrons. The third-order valence-electron chi connectivity index (χ3n) is 5.35. The number of nitrogens with zero attached hydrogens (tertiary/aromatic N) is 3. The lowest BCUT2D eigenvalue weighted by Gasteiger charge is -2.26. The molecule has 2 heterocycles. The van der Waals surface area contributed by atoms with E-state index in [0.717, 1.165) is 25.6 Å². The van der Waals surface area contributed by atoms with Gasteiger partial charge in [-0.1, -0.05) is 12.8 Å². The fourth-order valence-electron chi connectivity index (χ4n) is 4.01. The van der Waals surface area contributed by atoms with Gasteiger partial charge in [0.05, 0.1) is 6.54 Å². The van der Waals surface area contributed by atoms with E-state index in [1.54, 1.807) is 12.3 Å². The van der Waals surface area contributed by atoms with Crippen molar-refractivity contribution in [1.82, 2.24) is 19.9 Å². The van der Waals surface area contributed by atoms with Crippen LogP contribution in [-0.4, -0.2) is 57.0 Å². The van der Waals surface area contributed by atoms with E-state index in [2.05, 4.69) is 31.8 Å². The highest BCUT2D eigenvalue weighted by atomic mass is 32.2. The monoisotopic (exact) mass is 379 g/mol. The molecular weight excluding hydrogens is 350 g/mol. The fourth-order valence-corrected chi connectivity index (χ4v) is 4.99. The molecular formula is C18H29N5O2S. The summed E-state index contributed by atoms with van der Waals surface area (Å²) in [7, 11) is -3.52. The summed E-state index contributed by atoms with van der Waals surface area (Å²) in [5.74, 6) is 0.900. The molecule has 0 radical (unpaired) electrons. The lowest BCUT2D eigenvalue weighted by atomic mass is 9.86. The van der Waals surface area contributed by atoms with Crippen LogP contribution in [0.2, 0.25) is 0 Å². The molecule has 1 spiro atoms. The van der Waals surface area contributed by atoms with Crippen LogP contribution < -0.4 is 10.0 Å². The van der Waals surface area contributed by atoms with Crippen LogP contribution in [0.5, 0.6) is 0 Å². The van der Waals surface area contributed by atoms with Crippen LogP contribution in [0.3, 0.4) is 0 Å². The zero-order valence-electron chi connectivity index (χ0n) is 15.4. The standard InChI is InChI=1S/C18H29N5O2S/c1-2-20-17(23-13-9-18(15-23)7-3-4-8-18)21-11-12-22-26(24,25)16-6-5-10-19-14-16/h5-6,10,14,22H,2-4,7-9,11-13,15H2,1H3,(H,20,21). The smallest absolute Gasteiger partial charge is 0.242 e. The summed E-state index contributed by atoms with van der Waals surface area (Å²) in [5, 5.41) is 3.35. The van der Waals surface area contributed by atoms with Gasteiger partial charge in [0.15, 0.2) is 5.96 Å². The number of guanidine groups is 1. The first-order chi connectivity index (χ1) is 12.5. The Hall–Kier alpha value is -1.67. The molecule has 2 aliphatic rings. The molecule has 0 aromatic carbocycles. The highest BCUT2D eigenvalue weighted by molar-refractivity contribution is 7.89. The minimum atomic E-state index is -3.52. The summed E-state index contributed by atoms with van der Waals surface area (Å²) in [4.78, 5) is 11.0. The summed E-state index contributed by atoms with van der Waals surface area (Å²) in [5.41, 5.74) is 0.484. The van der Waals surface area contributed by atoms with Crippen LogP contribution in [0.1, 0.15) is 39.0 Å². The molecule has 7 nitrogen and oxygen atoms in total. The first-order valence-electron chi connectivity index (χ1n) is 9.48. The molecule has 1 aromatic heterocycles. The zero-order chi connectivity index (χ0) is 18.5. The largest absolute Gasteiger partial charge is 0.357 e. The number of pyridine rings is 1. The summed E-state index contributed by atoms with van der Waals surface area (Å²) in [6.07, 6.45) is 9.49. The molecule has 1 saturated carbocycles. The highest BCUT2D eigenvalue weighted by Crippen LogP contribution is 2.45. The lowest BCUT2D eigenvalue weighted by Crippen LogP contribution is -2.41. The van der Waals surface area contributed by atoms with Crippen molar-refractivity contribution < 1.29 is 8.42 Å². The average molecular weight is 380 g/mol. The van der Waals surface area contributed by atoms with Crippen molar-refractivity contribution in [3.05, 3.63) is 24.5 Å². The number of aliphatic imine (C=N–C) groups is 1. The molecule has 3 rings (SSSR count). The van der Waals surface area contributed by atoms with E-state index in [-0.39, 0.29) is 11.4 Å². The van der Waals surface area contributed by atoms with E-state index >= 15 is 0 Å². The van der Waals surface area contributed by atoms with Crippen LogP contribution in [0.25, 0.3) is 0 Å². The maximum absolute atomic E-state index is 12.2. The van der Waals surface area contributed by atoms with E-state index in [0.29, 0.717) is 12.0 Å². The molecule has 26 heavy (non-hydrogen) atoms. The van der Waals surface area contributed by atoms with Gasteiger partial charge in [0, 0.05) is 38.6 Å². The number of likely N-dealkylation sites (tertiary alicyclic amines) is 1. The quantitative estimate of drug-likeness (QED) is 0.445. The Kier molecular flexibility index (Phi) is 6.13. The van der Waals surface area contributed by atoms with Gasteiger partial charge >= 0.3 is 0 Å². The van der Waals surface area contributed by atoms with E-state index in [1.807, 2.05) is 0 Å². The third-order valence-corrected chi connectivity index (χ3v) is 6.79. The minimum Gasteiger partial charge on any atom is -0.357 e. The number of hydrogen-bond acceptors (Lipinski definition) is 4. The van der Waals surface area contributed by atoms with E-state index in [9.17, 15) is 8.42 Å². The maximum Gasteiger partial charge on any atom is 0.242 e. The second-order valence-electron chi connectivity index (χ2n) is 7.20. The Morgan fingerprint density at radius 1 is 1.35 bits per heavy atom. The van der Waals surface area contributed by atoms with Crippen molar-refractivity contribution in [3.63, 3.8) is 0 Å². The average Bonchev–Trinajstić information content (AvgIpc) is 3.28. The van der Waals surface area contributed by atoms with Crippen molar-refractivity contribution in [3.8, 4) is 0 Å². The topological polar surface area (TPSA) is 86.7 Å². The second-order valence-corrected chi connectivity index (χ2v) is 8.97. The van der Waals surface area contributed by atoms with Crippen LogP contribution >= 0.6 is 0 Å². The van der Waals surface area contributed by atoms with Crippen molar-refractivity contribution in [2.45, 2.75) is 43.9 Å². The molecule has 2 fully saturated rings. The molecule has 1 aliphatic carbocycles. The molecule has 0 bridgehead atoms. The second kappa shape index (κ2) is 8.35. The summed E-state index contributed by atoms with van der Waals surface area (Å²) < 4.78 is 27.0. The molecule has 1 aromatic rings. The van der Waals surface area contributed by atoms with Crippen LogP contribution in [0.15, 0.2) is 34.4 Å². The normalized spacial score (nSPS) is 20.0. The van der Waals surface area contributed by atoms with Gasteiger partial charge in [-0.05, 0) is 43.7 Å². The summed E-state index contributed by atoms with van der Waals surface area (Å²) in [6.45, 7) is 5.65.